The topological polar surface area (TPSA) is 88.9 Å². The molecule has 2 amide bonds. The summed E-state index contributed by atoms with van der Waals surface area (Å²) in [5.41, 5.74) is 2.39. The molecular weight excluding hydrogens is 579 g/mol. The van der Waals surface area contributed by atoms with Gasteiger partial charge in [-0.1, -0.05) is 30.3 Å². The van der Waals surface area contributed by atoms with Gasteiger partial charge in [0, 0.05) is 5.56 Å². The third-order valence-corrected chi connectivity index (χ3v) is 6.85. The van der Waals surface area contributed by atoms with E-state index in [0.717, 1.165) is 25.8 Å². The number of anilines is 1. The highest BCUT2D eigenvalue weighted by molar-refractivity contribution is 14.1. The van der Waals surface area contributed by atoms with Crippen LogP contribution in [0.4, 0.5) is 10.5 Å². The van der Waals surface area contributed by atoms with Crippen molar-refractivity contribution in [3.8, 4) is 23.3 Å². The number of benzene rings is 3. The molecule has 0 bridgehead atoms. The van der Waals surface area contributed by atoms with Crippen molar-refractivity contribution < 1.29 is 23.8 Å². The number of ether oxygens (including phenoxy) is 3. The highest BCUT2D eigenvalue weighted by Gasteiger charge is 2.37. The SMILES string of the molecule is COc1ccccc1N1C(=O)S/C(=C\c2cc(I)c(OCc3ccccc3C#N)c(OC)c2)C1=O. The number of rotatable bonds is 7. The molecule has 0 atom stereocenters. The van der Waals surface area contributed by atoms with Gasteiger partial charge in [-0.2, -0.15) is 5.26 Å². The molecule has 0 aliphatic carbocycles. The number of hydrogen-bond acceptors (Lipinski definition) is 7. The molecule has 176 valence electrons. The van der Waals surface area contributed by atoms with E-state index in [0.29, 0.717) is 34.1 Å². The van der Waals surface area contributed by atoms with Gasteiger partial charge in [0.1, 0.15) is 12.4 Å². The molecule has 0 N–H and O–H groups in total. The van der Waals surface area contributed by atoms with E-state index in [9.17, 15) is 14.9 Å². The Balaban J connectivity index is 1.61. The fourth-order valence-electron chi connectivity index (χ4n) is 3.51. The summed E-state index contributed by atoms with van der Waals surface area (Å²) in [7, 11) is 3.02. The minimum absolute atomic E-state index is 0.202. The van der Waals surface area contributed by atoms with E-state index in [1.165, 1.54) is 14.2 Å². The van der Waals surface area contributed by atoms with Crippen LogP contribution in [0.15, 0.2) is 65.6 Å². The largest absolute Gasteiger partial charge is 0.495 e. The van der Waals surface area contributed by atoms with E-state index in [4.69, 9.17) is 14.2 Å². The molecule has 0 unspecified atom stereocenters. The Bertz CT molecular complexity index is 1380. The number of methoxy groups -OCH3 is 2. The standard InChI is InChI=1S/C26H19IN2O5S/c1-32-21-10-6-5-9-20(21)29-25(30)23(35-26(29)31)13-16-11-19(27)24(22(12-16)33-2)34-15-18-8-4-3-7-17(18)14-28/h3-13H,15H2,1-2H3/b23-13-. The van der Waals surface area contributed by atoms with Gasteiger partial charge in [-0.15, -0.1) is 0 Å². The van der Waals surface area contributed by atoms with Crippen molar-refractivity contribution >= 4 is 57.3 Å². The molecule has 3 aromatic rings. The smallest absolute Gasteiger partial charge is 0.298 e. The molecule has 0 radical (unpaired) electrons. The van der Waals surface area contributed by atoms with Gasteiger partial charge in [-0.3, -0.25) is 9.59 Å². The number of hydrogen-bond donors (Lipinski definition) is 0. The number of para-hydroxylation sites is 2. The van der Waals surface area contributed by atoms with Crippen LogP contribution in [-0.2, 0) is 11.4 Å². The molecule has 0 spiro atoms. The molecule has 35 heavy (non-hydrogen) atoms. The summed E-state index contributed by atoms with van der Waals surface area (Å²) in [5, 5.41) is 8.90. The molecule has 7 nitrogen and oxygen atoms in total. The van der Waals surface area contributed by atoms with Gasteiger partial charge < -0.3 is 14.2 Å². The highest BCUT2D eigenvalue weighted by atomic mass is 127. The van der Waals surface area contributed by atoms with Crippen LogP contribution in [-0.4, -0.2) is 25.4 Å². The summed E-state index contributed by atoms with van der Waals surface area (Å²) >= 11 is 2.99. The molecular formula is C26H19IN2O5S. The number of thioether (sulfide) groups is 1. The predicted molar refractivity (Wildman–Crippen MR) is 143 cm³/mol. The number of carbonyl (C=O) groups is 2. The molecule has 4 rings (SSSR count). The Hall–Kier alpha value is -3.49. The van der Waals surface area contributed by atoms with Gasteiger partial charge in [-0.25, -0.2) is 4.90 Å². The summed E-state index contributed by atoms with van der Waals surface area (Å²) in [4.78, 5) is 27.2. The van der Waals surface area contributed by atoms with Crippen molar-refractivity contribution in [2.24, 2.45) is 0 Å². The lowest BCUT2D eigenvalue weighted by Crippen LogP contribution is -2.28. The second-order valence-corrected chi connectivity index (χ2v) is 9.44. The van der Waals surface area contributed by atoms with Crippen LogP contribution in [0.25, 0.3) is 6.08 Å². The number of imide groups is 1. The molecule has 0 aromatic heterocycles. The molecule has 1 fully saturated rings. The summed E-state index contributed by atoms with van der Waals surface area (Å²) in [6.07, 6.45) is 1.65. The maximum atomic E-state index is 13.1. The zero-order chi connectivity index (χ0) is 24.9. The number of nitrogens with zero attached hydrogens (tertiary/aromatic N) is 2. The minimum Gasteiger partial charge on any atom is -0.495 e. The van der Waals surface area contributed by atoms with Gasteiger partial charge in [0.05, 0.1) is 40.0 Å². The molecule has 1 heterocycles. The number of nitriles is 1. The Morgan fingerprint density at radius 2 is 1.74 bits per heavy atom. The van der Waals surface area contributed by atoms with Gasteiger partial charge in [-0.05, 0) is 76.3 Å². The third kappa shape index (κ3) is 5.13. The fraction of sp³-hybridized carbons (Fsp3) is 0.115. The first-order valence-electron chi connectivity index (χ1n) is 10.4. The molecule has 0 saturated carbocycles. The normalized spacial score (nSPS) is 14.2. The maximum Gasteiger partial charge on any atom is 0.298 e. The van der Waals surface area contributed by atoms with E-state index in [2.05, 4.69) is 28.7 Å². The summed E-state index contributed by atoms with van der Waals surface area (Å²) in [6, 6.07) is 19.8. The third-order valence-electron chi connectivity index (χ3n) is 5.18. The van der Waals surface area contributed by atoms with Crippen molar-refractivity contribution in [2.45, 2.75) is 6.61 Å². The average molecular weight is 598 g/mol. The first kappa shape index (κ1) is 24.6. The lowest BCUT2D eigenvalue weighted by molar-refractivity contribution is -0.113. The Morgan fingerprint density at radius 3 is 2.49 bits per heavy atom. The van der Waals surface area contributed by atoms with Gasteiger partial charge >= 0.3 is 0 Å². The summed E-state index contributed by atoms with van der Waals surface area (Å²) in [6.45, 7) is 0.202. The van der Waals surface area contributed by atoms with Crippen LogP contribution in [0.5, 0.6) is 17.2 Å². The first-order chi connectivity index (χ1) is 17.0. The second kappa shape index (κ2) is 10.8. The Labute approximate surface area is 220 Å². The van der Waals surface area contributed by atoms with Crippen molar-refractivity contribution in [1.82, 2.24) is 0 Å². The van der Waals surface area contributed by atoms with Crippen molar-refractivity contribution in [3.63, 3.8) is 0 Å². The van der Waals surface area contributed by atoms with Crippen molar-refractivity contribution in [1.29, 1.82) is 5.26 Å². The number of amides is 2. The fourth-order valence-corrected chi connectivity index (χ4v) is 5.13. The van der Waals surface area contributed by atoms with E-state index in [1.54, 1.807) is 48.5 Å². The maximum absolute atomic E-state index is 13.1. The molecule has 1 saturated heterocycles. The first-order valence-corrected chi connectivity index (χ1v) is 12.3. The minimum atomic E-state index is -0.424. The van der Waals surface area contributed by atoms with E-state index in [1.807, 2.05) is 18.2 Å². The lowest BCUT2D eigenvalue weighted by atomic mass is 10.1. The van der Waals surface area contributed by atoms with E-state index >= 15 is 0 Å². The second-order valence-electron chi connectivity index (χ2n) is 7.28. The molecule has 3 aromatic carbocycles. The summed E-state index contributed by atoms with van der Waals surface area (Å²) in [5.74, 6) is 1.01. The number of carbonyl (C=O) groups excluding carboxylic acids is 2. The van der Waals surface area contributed by atoms with Crippen LogP contribution in [0.2, 0.25) is 0 Å². The Kier molecular flexibility index (Phi) is 7.63. The molecule has 9 heteroatoms. The van der Waals surface area contributed by atoms with Crippen LogP contribution in [0, 0.1) is 14.9 Å². The summed E-state index contributed by atoms with van der Waals surface area (Å²) < 4.78 is 17.6. The van der Waals surface area contributed by atoms with E-state index < -0.39 is 11.1 Å². The van der Waals surface area contributed by atoms with Crippen LogP contribution in [0.3, 0.4) is 0 Å². The zero-order valence-corrected chi connectivity index (χ0v) is 21.8. The van der Waals surface area contributed by atoms with E-state index in [-0.39, 0.29) is 11.5 Å². The monoisotopic (exact) mass is 598 g/mol. The van der Waals surface area contributed by atoms with Crippen LogP contribution in [0.1, 0.15) is 16.7 Å². The number of halogens is 1. The molecule has 1 aliphatic heterocycles. The van der Waals surface area contributed by atoms with Crippen LogP contribution < -0.4 is 19.1 Å². The van der Waals surface area contributed by atoms with Crippen LogP contribution >= 0.6 is 34.4 Å². The predicted octanol–water partition coefficient (Wildman–Crippen LogP) is 6.00. The Morgan fingerprint density at radius 1 is 1.03 bits per heavy atom. The molecule has 1 aliphatic rings. The lowest BCUT2D eigenvalue weighted by Gasteiger charge is -2.16. The average Bonchev–Trinajstić information content (AvgIpc) is 3.15. The van der Waals surface area contributed by atoms with Gasteiger partial charge in [0.15, 0.2) is 11.5 Å². The van der Waals surface area contributed by atoms with Gasteiger partial charge in [0.25, 0.3) is 11.1 Å². The zero-order valence-electron chi connectivity index (χ0n) is 18.8. The highest BCUT2D eigenvalue weighted by Crippen LogP contribution is 2.41. The quantitative estimate of drug-likeness (QED) is 0.244. The van der Waals surface area contributed by atoms with Crippen molar-refractivity contribution in [2.75, 3.05) is 19.1 Å². The van der Waals surface area contributed by atoms with Crippen molar-refractivity contribution in [3.05, 3.63) is 85.8 Å². The van der Waals surface area contributed by atoms with Gasteiger partial charge in [0.2, 0.25) is 0 Å².